The normalized spacial score (nSPS) is 13.1. The summed E-state index contributed by atoms with van der Waals surface area (Å²) in [6, 6.07) is 6.32. The van der Waals surface area contributed by atoms with Gasteiger partial charge >= 0.3 is 0 Å². The van der Waals surface area contributed by atoms with Crippen LogP contribution >= 0.6 is 27.5 Å². The second kappa shape index (κ2) is 6.04. The lowest BCUT2D eigenvalue weighted by Crippen LogP contribution is -2.14. The van der Waals surface area contributed by atoms with Crippen LogP contribution in [0.5, 0.6) is 0 Å². The van der Waals surface area contributed by atoms with Gasteiger partial charge in [0, 0.05) is 11.1 Å². The van der Waals surface area contributed by atoms with E-state index in [4.69, 9.17) is 16.3 Å². The van der Waals surface area contributed by atoms with Crippen LogP contribution in [0.1, 0.15) is 25.7 Å². The Labute approximate surface area is 120 Å². The van der Waals surface area contributed by atoms with Crippen molar-refractivity contribution in [2.45, 2.75) is 25.8 Å². The first-order chi connectivity index (χ1) is 8.67. The van der Waals surface area contributed by atoms with Crippen molar-refractivity contribution in [1.82, 2.24) is 9.55 Å². The third kappa shape index (κ3) is 2.71. The molecule has 1 heterocycles. The van der Waals surface area contributed by atoms with Gasteiger partial charge in [0.2, 0.25) is 0 Å². The van der Waals surface area contributed by atoms with Crippen LogP contribution in [-0.2, 0) is 10.6 Å². The summed E-state index contributed by atoms with van der Waals surface area (Å²) < 4.78 is 8.67. The van der Waals surface area contributed by atoms with E-state index in [9.17, 15) is 0 Å². The largest absolute Gasteiger partial charge is 0.380 e. The molecule has 0 bridgehead atoms. The molecular weight excluding hydrogens is 316 g/mol. The average Bonchev–Trinajstić information content (AvgIpc) is 2.73. The summed E-state index contributed by atoms with van der Waals surface area (Å²) in [4.78, 5) is 4.57. The number of halogens is 2. The number of hydrogen-bond donors (Lipinski definition) is 0. The van der Waals surface area contributed by atoms with Crippen molar-refractivity contribution < 1.29 is 4.74 Å². The van der Waals surface area contributed by atoms with Crippen LogP contribution in [0.25, 0.3) is 11.0 Å². The molecule has 1 atom stereocenters. The Hall–Kier alpha value is -0.580. The zero-order valence-corrected chi connectivity index (χ0v) is 12.8. The number of nitrogens with zero attached hydrogens (tertiary/aromatic N) is 2. The Balaban J connectivity index is 2.46. The van der Waals surface area contributed by atoms with E-state index in [1.54, 1.807) is 0 Å². The van der Waals surface area contributed by atoms with Gasteiger partial charge in [-0.3, -0.25) is 0 Å². The van der Waals surface area contributed by atoms with Crippen LogP contribution in [0.15, 0.2) is 22.7 Å². The van der Waals surface area contributed by atoms with Crippen molar-refractivity contribution in [3.63, 3.8) is 0 Å². The van der Waals surface area contributed by atoms with Gasteiger partial charge in [0.25, 0.3) is 0 Å². The molecule has 0 radical (unpaired) electrons. The summed E-state index contributed by atoms with van der Waals surface area (Å²) in [6.45, 7) is 5.51. The molecule has 0 amide bonds. The monoisotopic (exact) mass is 330 g/mol. The molecule has 1 unspecified atom stereocenters. The van der Waals surface area contributed by atoms with Gasteiger partial charge in [0.1, 0.15) is 5.82 Å². The molecule has 18 heavy (non-hydrogen) atoms. The Morgan fingerprint density at radius 3 is 2.94 bits per heavy atom. The molecule has 3 nitrogen and oxygen atoms in total. The summed E-state index contributed by atoms with van der Waals surface area (Å²) in [6.07, 6.45) is 0. The third-order valence-corrected chi connectivity index (χ3v) is 3.58. The maximum absolute atomic E-state index is 5.99. The van der Waals surface area contributed by atoms with Crippen LogP contribution in [0, 0.1) is 0 Å². The van der Waals surface area contributed by atoms with Gasteiger partial charge in [-0.15, -0.1) is 11.6 Å². The highest BCUT2D eigenvalue weighted by molar-refractivity contribution is 9.10. The minimum atomic E-state index is 0.227. The van der Waals surface area contributed by atoms with Gasteiger partial charge in [-0.05, 0) is 32.0 Å². The van der Waals surface area contributed by atoms with Crippen molar-refractivity contribution in [3.05, 3.63) is 28.5 Å². The van der Waals surface area contributed by atoms with Gasteiger partial charge in [-0.25, -0.2) is 4.98 Å². The number of fused-ring (bicyclic) bond motifs is 1. The lowest BCUT2D eigenvalue weighted by Gasteiger charge is -2.16. The average molecular weight is 332 g/mol. The smallest absolute Gasteiger partial charge is 0.125 e. The molecule has 0 aliphatic rings. The molecule has 0 spiro atoms. The van der Waals surface area contributed by atoms with E-state index in [2.05, 4.69) is 38.5 Å². The van der Waals surface area contributed by atoms with Gasteiger partial charge in [-0.2, -0.15) is 0 Å². The maximum Gasteiger partial charge on any atom is 0.125 e. The first kappa shape index (κ1) is 13.8. The fourth-order valence-corrected chi connectivity index (χ4v) is 2.61. The predicted molar refractivity (Wildman–Crippen MR) is 78.2 cm³/mol. The van der Waals surface area contributed by atoms with E-state index in [0.29, 0.717) is 12.5 Å². The molecule has 2 rings (SSSR count). The Morgan fingerprint density at radius 1 is 1.50 bits per heavy atom. The molecule has 0 aliphatic heterocycles. The predicted octanol–water partition coefficient (Wildman–Crippen LogP) is 4.14. The number of alkyl halides is 1. The highest BCUT2D eigenvalue weighted by Gasteiger charge is 2.15. The SMILES string of the molecule is CCOCC(C)n1c(CCl)nc2cc(Br)ccc21. The molecule has 0 saturated carbocycles. The highest BCUT2D eigenvalue weighted by atomic mass is 79.9. The fourth-order valence-electron chi connectivity index (χ4n) is 2.07. The Bertz CT molecular complexity index is 541. The number of rotatable bonds is 5. The van der Waals surface area contributed by atoms with Crippen molar-refractivity contribution in [3.8, 4) is 0 Å². The van der Waals surface area contributed by atoms with E-state index in [1.807, 2.05) is 19.1 Å². The molecule has 1 aromatic heterocycles. The summed E-state index contributed by atoms with van der Waals surface area (Å²) in [7, 11) is 0. The van der Waals surface area contributed by atoms with E-state index in [1.165, 1.54) is 0 Å². The van der Waals surface area contributed by atoms with Crippen molar-refractivity contribution >= 4 is 38.6 Å². The van der Waals surface area contributed by atoms with Crippen LogP contribution in [-0.4, -0.2) is 22.8 Å². The molecule has 0 N–H and O–H groups in total. The van der Waals surface area contributed by atoms with Gasteiger partial charge in [-0.1, -0.05) is 15.9 Å². The van der Waals surface area contributed by atoms with Crippen LogP contribution in [0.4, 0.5) is 0 Å². The number of ether oxygens (including phenoxy) is 1. The first-order valence-corrected chi connectivity index (χ1v) is 7.30. The van der Waals surface area contributed by atoms with Crippen LogP contribution in [0.2, 0.25) is 0 Å². The van der Waals surface area contributed by atoms with Gasteiger partial charge in [0.05, 0.1) is 29.6 Å². The topological polar surface area (TPSA) is 27.1 Å². The molecule has 0 aliphatic carbocycles. The minimum absolute atomic E-state index is 0.227. The number of imidazole rings is 1. The first-order valence-electron chi connectivity index (χ1n) is 5.97. The molecule has 0 saturated heterocycles. The highest BCUT2D eigenvalue weighted by Crippen LogP contribution is 2.25. The van der Waals surface area contributed by atoms with E-state index in [-0.39, 0.29) is 6.04 Å². The second-order valence-corrected chi connectivity index (χ2v) is 5.36. The third-order valence-electron chi connectivity index (χ3n) is 2.85. The fraction of sp³-hybridized carbons (Fsp3) is 0.462. The van der Waals surface area contributed by atoms with Crippen LogP contribution < -0.4 is 0 Å². The number of aromatic nitrogens is 2. The zero-order valence-electron chi connectivity index (χ0n) is 10.5. The second-order valence-electron chi connectivity index (χ2n) is 4.17. The molecular formula is C13H16BrClN2O. The van der Waals surface area contributed by atoms with E-state index < -0.39 is 0 Å². The van der Waals surface area contributed by atoms with Crippen molar-refractivity contribution in [2.75, 3.05) is 13.2 Å². The number of benzene rings is 1. The lowest BCUT2D eigenvalue weighted by atomic mass is 10.3. The standard InChI is InChI=1S/C13H16BrClN2O/c1-3-18-8-9(2)17-12-5-4-10(14)6-11(12)16-13(17)7-15/h4-6,9H,3,7-8H2,1-2H3. The summed E-state index contributed by atoms with van der Waals surface area (Å²) in [5, 5.41) is 0. The van der Waals surface area contributed by atoms with Crippen molar-refractivity contribution in [2.24, 2.45) is 0 Å². The molecule has 5 heteroatoms. The van der Waals surface area contributed by atoms with E-state index in [0.717, 1.165) is 27.9 Å². The Morgan fingerprint density at radius 2 is 2.28 bits per heavy atom. The summed E-state index contributed by atoms with van der Waals surface area (Å²) in [5.41, 5.74) is 2.06. The molecule has 2 aromatic rings. The lowest BCUT2D eigenvalue weighted by molar-refractivity contribution is 0.119. The van der Waals surface area contributed by atoms with E-state index >= 15 is 0 Å². The molecule has 0 fully saturated rings. The summed E-state index contributed by atoms with van der Waals surface area (Å²) in [5.74, 6) is 1.29. The maximum atomic E-state index is 5.99. The molecule has 98 valence electrons. The van der Waals surface area contributed by atoms with Gasteiger partial charge < -0.3 is 9.30 Å². The Kier molecular flexibility index (Phi) is 4.65. The van der Waals surface area contributed by atoms with Crippen LogP contribution in [0.3, 0.4) is 0 Å². The quantitative estimate of drug-likeness (QED) is 0.770. The van der Waals surface area contributed by atoms with Gasteiger partial charge in [0.15, 0.2) is 0 Å². The zero-order chi connectivity index (χ0) is 13.1. The number of hydrogen-bond acceptors (Lipinski definition) is 2. The summed E-state index contributed by atoms with van der Waals surface area (Å²) >= 11 is 9.45. The minimum Gasteiger partial charge on any atom is -0.380 e. The molecule has 1 aromatic carbocycles. The van der Waals surface area contributed by atoms with Crippen molar-refractivity contribution in [1.29, 1.82) is 0 Å².